The Morgan fingerprint density at radius 1 is 1.25 bits per heavy atom. The van der Waals surface area contributed by atoms with Crippen LogP contribution < -0.4 is 5.32 Å². The van der Waals surface area contributed by atoms with Gasteiger partial charge in [0.1, 0.15) is 0 Å². The van der Waals surface area contributed by atoms with Crippen molar-refractivity contribution in [3.63, 3.8) is 0 Å². The topological polar surface area (TPSA) is 91.8 Å². The Balaban J connectivity index is 1.72. The van der Waals surface area contributed by atoms with Crippen LogP contribution >= 0.6 is 11.3 Å². The third-order valence-electron chi connectivity index (χ3n) is 4.21. The first-order chi connectivity index (χ1) is 13.4. The van der Waals surface area contributed by atoms with E-state index in [1.165, 1.54) is 28.4 Å². The van der Waals surface area contributed by atoms with E-state index in [0.717, 1.165) is 5.69 Å². The van der Waals surface area contributed by atoms with E-state index in [4.69, 9.17) is 4.74 Å². The number of thiazole rings is 1. The van der Waals surface area contributed by atoms with Crippen molar-refractivity contribution in [1.29, 1.82) is 0 Å². The van der Waals surface area contributed by atoms with E-state index >= 15 is 0 Å². The minimum atomic E-state index is -0.381. The van der Waals surface area contributed by atoms with E-state index in [-0.39, 0.29) is 29.8 Å². The van der Waals surface area contributed by atoms with Gasteiger partial charge in [0, 0.05) is 37.7 Å². The van der Waals surface area contributed by atoms with Crippen LogP contribution in [0.5, 0.6) is 0 Å². The number of ether oxygens (including phenoxy) is 1. The van der Waals surface area contributed by atoms with Gasteiger partial charge in [-0.3, -0.25) is 24.6 Å². The number of nitrogens with one attached hydrogen (secondary N) is 1. The summed E-state index contributed by atoms with van der Waals surface area (Å²) in [5.41, 5.74) is 1.75. The van der Waals surface area contributed by atoms with Crippen molar-refractivity contribution < 1.29 is 19.1 Å². The molecule has 0 spiro atoms. The van der Waals surface area contributed by atoms with E-state index < -0.39 is 0 Å². The summed E-state index contributed by atoms with van der Waals surface area (Å²) in [4.78, 5) is 45.1. The Morgan fingerprint density at radius 3 is 2.71 bits per heavy atom. The molecular weight excluding hydrogens is 380 g/mol. The number of methoxy groups -OCH3 is 1. The van der Waals surface area contributed by atoms with Crippen LogP contribution in [0.4, 0.5) is 5.13 Å². The number of rotatable bonds is 8. The minimum absolute atomic E-state index is 0.252. The molecule has 1 aromatic heterocycles. The summed E-state index contributed by atoms with van der Waals surface area (Å²) >= 11 is 1.34. The highest BCUT2D eigenvalue weighted by Crippen LogP contribution is 2.25. The predicted molar refractivity (Wildman–Crippen MR) is 106 cm³/mol. The number of carbonyl (C=O) groups is 3. The molecule has 0 fully saturated rings. The van der Waals surface area contributed by atoms with E-state index in [1.807, 2.05) is 24.4 Å². The lowest BCUT2D eigenvalue weighted by Crippen LogP contribution is -2.31. The Kier molecular flexibility index (Phi) is 6.18. The highest BCUT2D eigenvalue weighted by atomic mass is 32.1. The van der Waals surface area contributed by atoms with Gasteiger partial charge in [0.15, 0.2) is 5.13 Å². The molecule has 3 amide bonds. The third-order valence-corrected chi connectivity index (χ3v) is 5.02. The lowest BCUT2D eigenvalue weighted by Gasteiger charge is -2.12. The maximum atomic E-state index is 12.6. The van der Waals surface area contributed by atoms with Gasteiger partial charge in [-0.15, -0.1) is 11.3 Å². The van der Waals surface area contributed by atoms with Crippen LogP contribution in [-0.4, -0.2) is 66.9 Å². The standard InChI is InChI=1S/C19H22N4O4S/c1-22(2)10-13-11-28-19(20-13)21-16(24)12-5-6-14-15(9-12)18(26)23(17(14)25)7-4-8-27-3/h5-6,9,11H,4,7-8,10H2,1-3H3,(H,20,21,24). The molecule has 0 bridgehead atoms. The molecule has 148 valence electrons. The first-order valence-corrected chi connectivity index (χ1v) is 9.68. The second-order valence-electron chi connectivity index (χ2n) is 6.70. The number of hydrogen-bond donors (Lipinski definition) is 1. The first-order valence-electron chi connectivity index (χ1n) is 8.80. The molecule has 9 heteroatoms. The second kappa shape index (κ2) is 8.59. The van der Waals surface area contributed by atoms with Crippen LogP contribution in [0, 0.1) is 0 Å². The average Bonchev–Trinajstić information content (AvgIpc) is 3.18. The average molecular weight is 402 g/mol. The molecule has 2 aromatic rings. The summed E-state index contributed by atoms with van der Waals surface area (Å²) < 4.78 is 4.97. The molecule has 0 aliphatic carbocycles. The number of imide groups is 1. The Morgan fingerprint density at radius 2 is 2.00 bits per heavy atom. The lowest BCUT2D eigenvalue weighted by molar-refractivity contribution is 0.0638. The van der Waals surface area contributed by atoms with Gasteiger partial charge >= 0.3 is 0 Å². The SMILES string of the molecule is COCCCN1C(=O)c2ccc(C(=O)Nc3nc(CN(C)C)cs3)cc2C1=O. The van der Waals surface area contributed by atoms with Crippen molar-refractivity contribution in [2.45, 2.75) is 13.0 Å². The molecule has 3 rings (SSSR count). The van der Waals surface area contributed by atoms with Crippen LogP contribution in [0.1, 0.15) is 43.2 Å². The zero-order valence-corrected chi connectivity index (χ0v) is 16.8. The summed E-state index contributed by atoms with van der Waals surface area (Å²) in [6.07, 6.45) is 0.564. The number of nitrogens with zero attached hydrogens (tertiary/aromatic N) is 3. The summed E-state index contributed by atoms with van der Waals surface area (Å²) in [6.45, 7) is 1.43. The molecule has 0 saturated heterocycles. The summed E-state index contributed by atoms with van der Waals surface area (Å²) in [7, 11) is 5.46. The van der Waals surface area contributed by atoms with Crippen LogP contribution in [0.2, 0.25) is 0 Å². The van der Waals surface area contributed by atoms with Crippen molar-refractivity contribution in [3.8, 4) is 0 Å². The maximum absolute atomic E-state index is 12.6. The molecule has 1 N–H and O–H groups in total. The van der Waals surface area contributed by atoms with Gasteiger partial charge in [0.25, 0.3) is 17.7 Å². The third kappa shape index (κ3) is 4.27. The predicted octanol–water partition coefficient (Wildman–Crippen LogP) is 2.09. The van der Waals surface area contributed by atoms with Crippen LogP contribution in [0.25, 0.3) is 0 Å². The molecular formula is C19H22N4O4S. The molecule has 0 atom stereocenters. The van der Waals surface area contributed by atoms with Gasteiger partial charge in [-0.05, 0) is 38.7 Å². The summed E-state index contributed by atoms with van der Waals surface area (Å²) in [5, 5.41) is 5.12. The summed E-state index contributed by atoms with van der Waals surface area (Å²) in [5.74, 6) is -1.09. The van der Waals surface area contributed by atoms with E-state index in [2.05, 4.69) is 10.3 Å². The number of amides is 3. The van der Waals surface area contributed by atoms with Gasteiger partial charge in [0.05, 0.1) is 16.8 Å². The molecule has 1 aliphatic heterocycles. The smallest absolute Gasteiger partial charge is 0.261 e. The van der Waals surface area contributed by atoms with Crippen molar-refractivity contribution in [1.82, 2.24) is 14.8 Å². The Bertz CT molecular complexity index is 909. The zero-order valence-electron chi connectivity index (χ0n) is 16.0. The first kappa shape index (κ1) is 20.1. The van der Waals surface area contributed by atoms with Crippen molar-refractivity contribution in [2.24, 2.45) is 0 Å². The molecule has 1 aromatic carbocycles. The number of aromatic nitrogens is 1. The molecule has 28 heavy (non-hydrogen) atoms. The molecule has 0 unspecified atom stereocenters. The Hall–Kier alpha value is -2.62. The molecule has 0 saturated carbocycles. The summed E-state index contributed by atoms with van der Waals surface area (Å²) in [6, 6.07) is 4.54. The lowest BCUT2D eigenvalue weighted by atomic mass is 10.1. The highest BCUT2D eigenvalue weighted by Gasteiger charge is 2.35. The number of anilines is 1. The van der Waals surface area contributed by atoms with Gasteiger partial charge in [0.2, 0.25) is 0 Å². The number of hydrogen-bond acceptors (Lipinski definition) is 7. The molecule has 2 heterocycles. The fraction of sp³-hybridized carbons (Fsp3) is 0.368. The largest absolute Gasteiger partial charge is 0.385 e. The fourth-order valence-electron chi connectivity index (χ4n) is 2.93. The van der Waals surface area contributed by atoms with Crippen molar-refractivity contribution in [3.05, 3.63) is 46.0 Å². The number of carbonyl (C=O) groups excluding carboxylic acids is 3. The highest BCUT2D eigenvalue weighted by molar-refractivity contribution is 7.14. The monoisotopic (exact) mass is 402 g/mol. The van der Waals surface area contributed by atoms with Crippen LogP contribution in [-0.2, 0) is 11.3 Å². The Labute approximate surface area is 167 Å². The number of benzene rings is 1. The van der Waals surface area contributed by atoms with Gasteiger partial charge < -0.3 is 9.64 Å². The van der Waals surface area contributed by atoms with Crippen molar-refractivity contribution >= 4 is 34.2 Å². The zero-order chi connectivity index (χ0) is 20.3. The molecule has 0 radical (unpaired) electrons. The minimum Gasteiger partial charge on any atom is -0.385 e. The van der Waals surface area contributed by atoms with E-state index in [0.29, 0.717) is 35.8 Å². The van der Waals surface area contributed by atoms with E-state index in [1.54, 1.807) is 13.2 Å². The molecule has 1 aliphatic rings. The fourth-order valence-corrected chi connectivity index (χ4v) is 3.63. The quantitative estimate of drug-likeness (QED) is 0.537. The number of fused-ring (bicyclic) bond motifs is 1. The van der Waals surface area contributed by atoms with Gasteiger partial charge in [-0.25, -0.2) is 4.98 Å². The maximum Gasteiger partial charge on any atom is 0.261 e. The van der Waals surface area contributed by atoms with Gasteiger partial charge in [-0.1, -0.05) is 0 Å². The van der Waals surface area contributed by atoms with E-state index in [9.17, 15) is 14.4 Å². The van der Waals surface area contributed by atoms with Gasteiger partial charge in [-0.2, -0.15) is 0 Å². The molecule has 8 nitrogen and oxygen atoms in total. The normalized spacial score (nSPS) is 13.4. The van der Waals surface area contributed by atoms with Crippen LogP contribution in [0.3, 0.4) is 0 Å². The van der Waals surface area contributed by atoms with Crippen molar-refractivity contribution in [2.75, 3.05) is 39.7 Å². The van der Waals surface area contributed by atoms with Crippen LogP contribution in [0.15, 0.2) is 23.6 Å². The second-order valence-corrected chi connectivity index (χ2v) is 7.56.